The van der Waals surface area contributed by atoms with Crippen LogP contribution in [-0.4, -0.2) is 85.6 Å². The fourth-order valence-corrected chi connectivity index (χ4v) is 3.72. The van der Waals surface area contributed by atoms with Gasteiger partial charge in [0.2, 0.25) is 5.91 Å². The van der Waals surface area contributed by atoms with Gasteiger partial charge < -0.3 is 14.7 Å². The predicted molar refractivity (Wildman–Crippen MR) is 98.3 cm³/mol. The Labute approximate surface area is 150 Å². The SMILES string of the molecule is CCN1CCN(C(=O)C(C)N2CCN(c3ccc(F)cc3)CC2)CC1. The molecule has 1 aromatic rings. The molecule has 0 saturated carbocycles. The Hall–Kier alpha value is -1.66. The number of hydrogen-bond acceptors (Lipinski definition) is 4. The number of piperazine rings is 2. The Morgan fingerprint density at radius 2 is 1.60 bits per heavy atom. The summed E-state index contributed by atoms with van der Waals surface area (Å²) in [6.07, 6.45) is 0. The standard InChI is InChI=1S/C19H29FN4O/c1-3-21-8-10-24(11-9-21)19(25)16(2)22-12-14-23(15-13-22)18-6-4-17(20)5-7-18/h4-7,16H,3,8-15H2,1-2H3. The number of carbonyl (C=O) groups is 1. The summed E-state index contributed by atoms with van der Waals surface area (Å²) in [6, 6.07) is 6.59. The number of benzene rings is 1. The van der Waals surface area contributed by atoms with Crippen LogP contribution < -0.4 is 4.90 Å². The number of carbonyl (C=O) groups excluding carboxylic acids is 1. The minimum absolute atomic E-state index is 0.0662. The van der Waals surface area contributed by atoms with Gasteiger partial charge in [0.05, 0.1) is 6.04 Å². The molecule has 0 aliphatic carbocycles. The largest absolute Gasteiger partial charge is 0.369 e. The van der Waals surface area contributed by atoms with Crippen molar-refractivity contribution in [2.45, 2.75) is 19.9 Å². The maximum atomic E-state index is 13.1. The Morgan fingerprint density at radius 3 is 2.16 bits per heavy atom. The highest BCUT2D eigenvalue weighted by Gasteiger charge is 2.30. The Bertz CT molecular complexity index is 563. The van der Waals surface area contributed by atoms with Crippen LogP contribution >= 0.6 is 0 Å². The number of nitrogens with zero attached hydrogens (tertiary/aromatic N) is 4. The van der Waals surface area contributed by atoms with Crippen LogP contribution in [0.1, 0.15) is 13.8 Å². The summed E-state index contributed by atoms with van der Waals surface area (Å²) in [7, 11) is 0. The van der Waals surface area contributed by atoms with Crippen molar-refractivity contribution in [2.75, 3.05) is 63.8 Å². The molecule has 6 heteroatoms. The van der Waals surface area contributed by atoms with E-state index >= 15 is 0 Å². The van der Waals surface area contributed by atoms with Crippen molar-refractivity contribution in [3.8, 4) is 0 Å². The second-order valence-corrected chi connectivity index (χ2v) is 6.93. The molecule has 0 aromatic heterocycles. The van der Waals surface area contributed by atoms with Crippen molar-refractivity contribution >= 4 is 11.6 Å². The van der Waals surface area contributed by atoms with Gasteiger partial charge in [-0.05, 0) is 37.7 Å². The fourth-order valence-electron chi connectivity index (χ4n) is 3.72. The van der Waals surface area contributed by atoms with Gasteiger partial charge in [-0.2, -0.15) is 0 Å². The topological polar surface area (TPSA) is 30.0 Å². The molecule has 2 heterocycles. The lowest BCUT2D eigenvalue weighted by Crippen LogP contribution is -2.57. The lowest BCUT2D eigenvalue weighted by Gasteiger charge is -2.41. The number of halogens is 1. The molecule has 0 N–H and O–H groups in total. The van der Waals surface area contributed by atoms with Crippen LogP contribution in [0.15, 0.2) is 24.3 Å². The van der Waals surface area contributed by atoms with Crippen LogP contribution in [0.2, 0.25) is 0 Å². The summed E-state index contributed by atoms with van der Waals surface area (Å²) in [5, 5.41) is 0. The van der Waals surface area contributed by atoms with E-state index in [9.17, 15) is 9.18 Å². The van der Waals surface area contributed by atoms with Gasteiger partial charge in [0.15, 0.2) is 0 Å². The molecule has 1 amide bonds. The van der Waals surface area contributed by atoms with E-state index in [1.165, 1.54) is 12.1 Å². The van der Waals surface area contributed by atoms with Crippen LogP contribution in [0, 0.1) is 5.82 Å². The first-order chi connectivity index (χ1) is 12.1. The number of rotatable bonds is 4. The minimum atomic E-state index is -0.204. The molecule has 2 aliphatic rings. The van der Waals surface area contributed by atoms with Gasteiger partial charge in [0, 0.05) is 58.0 Å². The predicted octanol–water partition coefficient (Wildman–Crippen LogP) is 1.50. The smallest absolute Gasteiger partial charge is 0.239 e. The van der Waals surface area contributed by atoms with E-state index in [0.29, 0.717) is 0 Å². The lowest BCUT2D eigenvalue weighted by molar-refractivity contribution is -0.138. The number of likely N-dealkylation sites (N-methyl/N-ethyl adjacent to an activating group) is 1. The van der Waals surface area contributed by atoms with Gasteiger partial charge in [0.1, 0.15) is 5.82 Å². The molecular weight excluding hydrogens is 319 g/mol. The van der Waals surface area contributed by atoms with Crippen molar-refractivity contribution in [1.29, 1.82) is 0 Å². The molecule has 138 valence electrons. The summed E-state index contributed by atoms with van der Waals surface area (Å²) in [5.74, 6) is 0.0516. The van der Waals surface area contributed by atoms with Crippen molar-refractivity contribution in [3.63, 3.8) is 0 Å². The van der Waals surface area contributed by atoms with Crippen molar-refractivity contribution in [3.05, 3.63) is 30.1 Å². The average molecular weight is 348 g/mol. The van der Waals surface area contributed by atoms with Crippen LogP contribution in [0.5, 0.6) is 0 Å². The van der Waals surface area contributed by atoms with E-state index in [1.54, 1.807) is 0 Å². The van der Waals surface area contributed by atoms with Crippen LogP contribution in [0.3, 0.4) is 0 Å². The molecular formula is C19H29FN4O. The van der Waals surface area contributed by atoms with E-state index in [1.807, 2.05) is 24.0 Å². The third-order valence-corrected chi connectivity index (χ3v) is 5.54. The van der Waals surface area contributed by atoms with Gasteiger partial charge in [-0.15, -0.1) is 0 Å². The van der Waals surface area contributed by atoms with Crippen LogP contribution in [-0.2, 0) is 4.79 Å². The zero-order valence-electron chi connectivity index (χ0n) is 15.3. The Balaban J connectivity index is 1.50. The number of anilines is 1. The third-order valence-electron chi connectivity index (χ3n) is 5.54. The molecule has 0 radical (unpaired) electrons. The summed E-state index contributed by atoms with van der Waals surface area (Å²) < 4.78 is 13.1. The van der Waals surface area contributed by atoms with Gasteiger partial charge in [-0.3, -0.25) is 9.69 Å². The molecule has 2 saturated heterocycles. The third kappa shape index (κ3) is 4.30. The van der Waals surface area contributed by atoms with Crippen molar-refractivity contribution < 1.29 is 9.18 Å². The second kappa shape index (κ2) is 8.15. The first kappa shape index (κ1) is 18.1. The zero-order valence-corrected chi connectivity index (χ0v) is 15.3. The minimum Gasteiger partial charge on any atom is -0.369 e. The molecule has 2 fully saturated rings. The summed E-state index contributed by atoms with van der Waals surface area (Å²) in [6.45, 7) is 12.4. The molecule has 0 spiro atoms. The van der Waals surface area contributed by atoms with E-state index in [-0.39, 0.29) is 17.8 Å². The summed E-state index contributed by atoms with van der Waals surface area (Å²) in [4.78, 5) is 21.7. The highest BCUT2D eigenvalue weighted by atomic mass is 19.1. The quantitative estimate of drug-likeness (QED) is 0.825. The van der Waals surface area contributed by atoms with Crippen molar-refractivity contribution in [2.24, 2.45) is 0 Å². The lowest BCUT2D eigenvalue weighted by atomic mass is 10.1. The molecule has 25 heavy (non-hydrogen) atoms. The highest BCUT2D eigenvalue weighted by Crippen LogP contribution is 2.18. The van der Waals surface area contributed by atoms with E-state index in [0.717, 1.165) is 64.6 Å². The van der Waals surface area contributed by atoms with E-state index < -0.39 is 0 Å². The maximum absolute atomic E-state index is 13.1. The highest BCUT2D eigenvalue weighted by molar-refractivity contribution is 5.81. The van der Waals surface area contributed by atoms with E-state index in [4.69, 9.17) is 0 Å². The van der Waals surface area contributed by atoms with Gasteiger partial charge in [-0.1, -0.05) is 6.92 Å². The monoisotopic (exact) mass is 348 g/mol. The molecule has 0 bridgehead atoms. The number of amides is 1. The molecule has 5 nitrogen and oxygen atoms in total. The molecule has 1 atom stereocenters. The van der Waals surface area contributed by atoms with Gasteiger partial charge in [0.25, 0.3) is 0 Å². The van der Waals surface area contributed by atoms with Crippen molar-refractivity contribution in [1.82, 2.24) is 14.7 Å². The zero-order chi connectivity index (χ0) is 17.8. The number of hydrogen-bond donors (Lipinski definition) is 0. The fraction of sp³-hybridized carbons (Fsp3) is 0.632. The molecule has 2 aliphatic heterocycles. The van der Waals surface area contributed by atoms with Crippen LogP contribution in [0.4, 0.5) is 10.1 Å². The van der Waals surface area contributed by atoms with E-state index in [2.05, 4.69) is 21.6 Å². The normalized spacial score (nSPS) is 21.4. The Morgan fingerprint density at radius 1 is 1.00 bits per heavy atom. The van der Waals surface area contributed by atoms with Gasteiger partial charge in [-0.25, -0.2) is 4.39 Å². The second-order valence-electron chi connectivity index (χ2n) is 6.93. The molecule has 1 unspecified atom stereocenters. The van der Waals surface area contributed by atoms with Crippen LogP contribution in [0.25, 0.3) is 0 Å². The summed E-state index contributed by atoms with van der Waals surface area (Å²) >= 11 is 0. The first-order valence-corrected chi connectivity index (χ1v) is 9.34. The summed E-state index contributed by atoms with van der Waals surface area (Å²) in [5.41, 5.74) is 1.05. The van der Waals surface area contributed by atoms with Gasteiger partial charge >= 0.3 is 0 Å². The molecule has 1 aromatic carbocycles. The maximum Gasteiger partial charge on any atom is 0.239 e. The first-order valence-electron chi connectivity index (χ1n) is 9.34. The molecule has 3 rings (SSSR count). The average Bonchev–Trinajstić information content (AvgIpc) is 2.67. The Kier molecular flexibility index (Phi) is 5.91.